The summed E-state index contributed by atoms with van der Waals surface area (Å²) in [6.45, 7) is 7.11. The highest BCUT2D eigenvalue weighted by atomic mass is 16.2. The maximum atomic E-state index is 12.5. The van der Waals surface area contributed by atoms with Gasteiger partial charge in [0.05, 0.1) is 12.6 Å². The van der Waals surface area contributed by atoms with E-state index in [4.69, 9.17) is 5.73 Å². The Morgan fingerprint density at radius 2 is 1.70 bits per heavy atom. The smallest absolute Gasteiger partial charge is 0.242 e. The average Bonchev–Trinajstić information content (AvgIpc) is 3.43. The van der Waals surface area contributed by atoms with Crippen LogP contribution in [0.3, 0.4) is 0 Å². The molecule has 1 saturated carbocycles. The Labute approximate surface area is 163 Å². The van der Waals surface area contributed by atoms with Crippen LogP contribution in [0.25, 0.3) is 0 Å². The summed E-state index contributed by atoms with van der Waals surface area (Å²) in [6.07, 6.45) is 6.64. The quantitative estimate of drug-likeness (QED) is 0.722. The highest BCUT2D eigenvalue weighted by Gasteiger charge is 2.35. The second-order valence-electron chi connectivity index (χ2n) is 8.15. The normalized spacial score (nSPS) is 23.6. The zero-order valence-electron chi connectivity index (χ0n) is 16.9. The highest BCUT2D eigenvalue weighted by Crippen LogP contribution is 2.34. The Hall–Kier alpha value is -1.63. The molecule has 3 amide bonds. The summed E-state index contributed by atoms with van der Waals surface area (Å²) in [4.78, 5) is 39.5. The molecule has 0 radical (unpaired) electrons. The SMILES string of the molecule is CCC.NC(=O)CC1CCN(C(=O)CN2CCNC(CC3CC3)C2=O)CC1. The van der Waals surface area contributed by atoms with Crippen molar-refractivity contribution < 1.29 is 14.4 Å². The summed E-state index contributed by atoms with van der Waals surface area (Å²) in [5.41, 5.74) is 5.24. The van der Waals surface area contributed by atoms with Crippen LogP contribution in [0.5, 0.6) is 0 Å². The van der Waals surface area contributed by atoms with Crippen molar-refractivity contribution in [1.29, 1.82) is 0 Å². The van der Waals surface area contributed by atoms with Gasteiger partial charge in [-0.05, 0) is 31.1 Å². The lowest BCUT2D eigenvalue weighted by Gasteiger charge is -2.36. The Morgan fingerprint density at radius 1 is 1.07 bits per heavy atom. The second kappa shape index (κ2) is 10.6. The summed E-state index contributed by atoms with van der Waals surface area (Å²) < 4.78 is 0. The van der Waals surface area contributed by atoms with Crippen LogP contribution in [0.15, 0.2) is 0 Å². The van der Waals surface area contributed by atoms with E-state index in [0.29, 0.717) is 32.0 Å². The first-order valence-electron chi connectivity index (χ1n) is 10.5. The monoisotopic (exact) mass is 380 g/mol. The van der Waals surface area contributed by atoms with Gasteiger partial charge in [-0.2, -0.15) is 0 Å². The molecule has 7 heteroatoms. The second-order valence-corrected chi connectivity index (χ2v) is 8.15. The third-order valence-electron chi connectivity index (χ3n) is 5.43. The van der Waals surface area contributed by atoms with Crippen molar-refractivity contribution >= 4 is 17.7 Å². The molecule has 1 unspecified atom stereocenters. The Kier molecular flexibility index (Phi) is 8.54. The van der Waals surface area contributed by atoms with Gasteiger partial charge in [0.2, 0.25) is 17.7 Å². The largest absolute Gasteiger partial charge is 0.370 e. The van der Waals surface area contributed by atoms with Crippen LogP contribution in [-0.4, -0.2) is 66.3 Å². The van der Waals surface area contributed by atoms with E-state index in [-0.39, 0.29) is 36.2 Å². The van der Waals surface area contributed by atoms with E-state index >= 15 is 0 Å². The number of hydrogen-bond donors (Lipinski definition) is 2. The molecule has 3 N–H and O–H groups in total. The molecule has 27 heavy (non-hydrogen) atoms. The first-order chi connectivity index (χ1) is 12.9. The molecule has 0 aromatic rings. The van der Waals surface area contributed by atoms with Crippen LogP contribution in [0, 0.1) is 11.8 Å². The number of amides is 3. The van der Waals surface area contributed by atoms with Crippen molar-refractivity contribution in [3.05, 3.63) is 0 Å². The van der Waals surface area contributed by atoms with E-state index in [9.17, 15) is 14.4 Å². The first-order valence-corrected chi connectivity index (χ1v) is 10.5. The van der Waals surface area contributed by atoms with E-state index in [0.717, 1.165) is 25.8 Å². The zero-order chi connectivity index (χ0) is 19.8. The number of piperazine rings is 1. The molecule has 7 nitrogen and oxygen atoms in total. The average molecular weight is 381 g/mol. The summed E-state index contributed by atoms with van der Waals surface area (Å²) in [5, 5.41) is 3.29. The molecule has 0 aromatic heterocycles. The summed E-state index contributed by atoms with van der Waals surface area (Å²) in [7, 11) is 0. The Morgan fingerprint density at radius 3 is 2.26 bits per heavy atom. The lowest BCUT2D eigenvalue weighted by Crippen LogP contribution is -2.57. The molecule has 0 bridgehead atoms. The van der Waals surface area contributed by atoms with E-state index in [1.807, 2.05) is 4.90 Å². The topological polar surface area (TPSA) is 95.7 Å². The van der Waals surface area contributed by atoms with Crippen LogP contribution in [-0.2, 0) is 14.4 Å². The molecular formula is C20H36N4O3. The van der Waals surface area contributed by atoms with Gasteiger partial charge in [0.25, 0.3) is 0 Å². The van der Waals surface area contributed by atoms with Gasteiger partial charge in [0.1, 0.15) is 0 Å². The van der Waals surface area contributed by atoms with Gasteiger partial charge in [-0.3, -0.25) is 14.4 Å². The fourth-order valence-electron chi connectivity index (χ4n) is 3.75. The number of nitrogens with two attached hydrogens (primary N) is 1. The number of likely N-dealkylation sites (tertiary alicyclic amines) is 1. The van der Waals surface area contributed by atoms with Gasteiger partial charge in [-0.15, -0.1) is 0 Å². The van der Waals surface area contributed by atoms with Gasteiger partial charge in [-0.25, -0.2) is 0 Å². The number of carbonyl (C=O) groups is 3. The van der Waals surface area contributed by atoms with Crippen LogP contribution in [0.1, 0.15) is 58.8 Å². The number of nitrogens with zero attached hydrogens (tertiary/aromatic N) is 2. The molecular weight excluding hydrogens is 344 g/mol. The highest BCUT2D eigenvalue weighted by molar-refractivity contribution is 5.88. The van der Waals surface area contributed by atoms with Crippen LogP contribution < -0.4 is 11.1 Å². The molecule has 3 aliphatic rings. The lowest BCUT2D eigenvalue weighted by molar-refractivity contribution is -0.144. The molecule has 0 spiro atoms. The van der Waals surface area contributed by atoms with Gasteiger partial charge in [0.15, 0.2) is 0 Å². The van der Waals surface area contributed by atoms with Crippen molar-refractivity contribution in [2.24, 2.45) is 17.6 Å². The predicted octanol–water partition coefficient (Wildman–Crippen LogP) is 1.12. The van der Waals surface area contributed by atoms with E-state index in [1.54, 1.807) is 4.90 Å². The van der Waals surface area contributed by atoms with Crippen molar-refractivity contribution in [2.75, 3.05) is 32.7 Å². The van der Waals surface area contributed by atoms with E-state index in [1.165, 1.54) is 19.3 Å². The van der Waals surface area contributed by atoms with Crippen molar-refractivity contribution in [3.8, 4) is 0 Å². The fraction of sp³-hybridized carbons (Fsp3) is 0.850. The van der Waals surface area contributed by atoms with Crippen molar-refractivity contribution in [3.63, 3.8) is 0 Å². The van der Waals surface area contributed by atoms with E-state index in [2.05, 4.69) is 19.2 Å². The molecule has 2 heterocycles. The maximum Gasteiger partial charge on any atom is 0.242 e. The number of piperidine rings is 1. The Bertz CT molecular complexity index is 513. The minimum atomic E-state index is -0.270. The third kappa shape index (κ3) is 7.13. The standard InChI is InChI=1S/C17H28N4O3.C3H8/c18-15(22)10-13-3-6-20(7-4-13)16(23)11-21-8-5-19-14(17(21)24)9-12-1-2-12;1-3-2/h12-14,19H,1-11H2,(H2,18,22);3H2,1-2H3. The lowest BCUT2D eigenvalue weighted by atomic mass is 9.93. The molecule has 2 aliphatic heterocycles. The number of carbonyl (C=O) groups excluding carboxylic acids is 3. The number of hydrogen-bond acceptors (Lipinski definition) is 4. The van der Waals surface area contributed by atoms with Crippen LogP contribution in [0.2, 0.25) is 0 Å². The number of nitrogens with one attached hydrogen (secondary N) is 1. The molecule has 3 rings (SSSR count). The van der Waals surface area contributed by atoms with Gasteiger partial charge < -0.3 is 20.9 Å². The first kappa shape index (κ1) is 21.7. The van der Waals surface area contributed by atoms with Crippen molar-refractivity contribution in [1.82, 2.24) is 15.1 Å². The number of primary amides is 1. The zero-order valence-corrected chi connectivity index (χ0v) is 16.9. The fourth-order valence-corrected chi connectivity index (χ4v) is 3.75. The van der Waals surface area contributed by atoms with Gasteiger partial charge in [-0.1, -0.05) is 33.1 Å². The molecule has 3 fully saturated rings. The summed E-state index contributed by atoms with van der Waals surface area (Å²) in [5.74, 6) is 0.799. The van der Waals surface area contributed by atoms with Crippen molar-refractivity contribution in [2.45, 2.75) is 64.8 Å². The third-order valence-corrected chi connectivity index (χ3v) is 5.43. The summed E-state index contributed by atoms with van der Waals surface area (Å²) in [6, 6.07) is -0.111. The molecule has 1 aliphatic carbocycles. The van der Waals surface area contributed by atoms with Gasteiger partial charge in [0, 0.05) is 32.6 Å². The van der Waals surface area contributed by atoms with Crippen LogP contribution >= 0.6 is 0 Å². The van der Waals surface area contributed by atoms with E-state index < -0.39 is 0 Å². The maximum absolute atomic E-state index is 12.5. The molecule has 2 saturated heterocycles. The minimum Gasteiger partial charge on any atom is -0.370 e. The molecule has 0 aromatic carbocycles. The van der Waals surface area contributed by atoms with Gasteiger partial charge >= 0.3 is 0 Å². The van der Waals surface area contributed by atoms with Crippen LogP contribution in [0.4, 0.5) is 0 Å². The number of rotatable bonds is 6. The predicted molar refractivity (Wildman–Crippen MR) is 105 cm³/mol. The minimum absolute atomic E-state index is 0.0212. The molecule has 154 valence electrons. The Balaban J connectivity index is 0.000000817. The summed E-state index contributed by atoms with van der Waals surface area (Å²) >= 11 is 0. The molecule has 1 atom stereocenters.